The second kappa shape index (κ2) is 4.85. The van der Waals surface area contributed by atoms with Gasteiger partial charge in [-0.2, -0.15) is 0 Å². The summed E-state index contributed by atoms with van der Waals surface area (Å²) in [6.45, 7) is 9.46. The van der Waals surface area contributed by atoms with Gasteiger partial charge in [0, 0.05) is 29.8 Å². The van der Waals surface area contributed by atoms with E-state index in [0.717, 1.165) is 16.5 Å². The van der Waals surface area contributed by atoms with Gasteiger partial charge in [-0.25, -0.2) is 0 Å². The molecule has 0 saturated carbocycles. The van der Waals surface area contributed by atoms with E-state index in [9.17, 15) is 4.79 Å². The van der Waals surface area contributed by atoms with Crippen LogP contribution in [-0.2, 0) is 7.05 Å². The zero-order chi connectivity index (χ0) is 14.2. The van der Waals surface area contributed by atoms with Crippen LogP contribution in [0.25, 0.3) is 10.9 Å². The molecule has 2 aromatic rings. The molecule has 4 heteroatoms. The van der Waals surface area contributed by atoms with Crippen LogP contribution in [0.15, 0.2) is 24.3 Å². The number of aromatic nitrogens is 1. The molecule has 0 fully saturated rings. The molecule has 0 spiro atoms. The summed E-state index contributed by atoms with van der Waals surface area (Å²) in [5.41, 5.74) is 2.01. The third kappa shape index (κ3) is 2.32. The maximum Gasteiger partial charge on any atom is 0.253 e. The number of hydrogen-bond donors (Lipinski definition) is 1. The Hall–Kier alpha value is -1.55. The van der Waals surface area contributed by atoms with Crippen LogP contribution in [0.3, 0.4) is 0 Å². The summed E-state index contributed by atoms with van der Waals surface area (Å²) in [6, 6.07) is 8.15. The van der Waals surface area contributed by atoms with Gasteiger partial charge in [-0.3, -0.25) is 4.79 Å². The van der Waals surface area contributed by atoms with Crippen molar-refractivity contribution in [2.75, 3.05) is 6.54 Å². The van der Waals surface area contributed by atoms with Crippen molar-refractivity contribution in [2.24, 2.45) is 7.05 Å². The Morgan fingerprint density at radius 2 is 1.89 bits per heavy atom. The van der Waals surface area contributed by atoms with Gasteiger partial charge in [0.15, 0.2) is 0 Å². The van der Waals surface area contributed by atoms with Crippen molar-refractivity contribution >= 4 is 30.2 Å². The van der Waals surface area contributed by atoms with E-state index in [2.05, 4.69) is 42.6 Å². The fraction of sp³-hybridized carbons (Fsp3) is 0.400. The molecule has 1 aromatic carbocycles. The fourth-order valence-corrected chi connectivity index (χ4v) is 4.88. The highest BCUT2D eigenvalue weighted by Crippen LogP contribution is 2.22. The smallest absolute Gasteiger partial charge is 0.253 e. The third-order valence-corrected chi connectivity index (χ3v) is 5.39. The molecule has 0 aliphatic heterocycles. The number of aryl methyl sites for hydroxylation is 1. The average Bonchev–Trinajstić information content (AvgIpc) is 2.63. The summed E-state index contributed by atoms with van der Waals surface area (Å²) in [6.07, 6.45) is 0. The van der Waals surface area contributed by atoms with Crippen molar-refractivity contribution in [3.05, 3.63) is 29.8 Å². The Morgan fingerprint density at radius 1 is 1.26 bits per heavy atom. The number of benzene rings is 1. The van der Waals surface area contributed by atoms with Gasteiger partial charge >= 0.3 is 0 Å². The van der Waals surface area contributed by atoms with Gasteiger partial charge in [0.1, 0.15) is 0 Å². The van der Waals surface area contributed by atoms with Crippen molar-refractivity contribution in [3.63, 3.8) is 0 Å². The molecular weight excluding hydrogens is 252 g/mol. The number of rotatable bonds is 3. The number of para-hydroxylation sites is 1. The van der Waals surface area contributed by atoms with Gasteiger partial charge in [-0.15, -0.1) is 0 Å². The molecule has 2 rings (SSSR count). The van der Waals surface area contributed by atoms with E-state index >= 15 is 0 Å². The second-order valence-corrected chi connectivity index (χ2v) is 10.9. The van der Waals surface area contributed by atoms with Crippen molar-refractivity contribution < 1.29 is 4.79 Å². The van der Waals surface area contributed by atoms with Crippen molar-refractivity contribution in [1.82, 2.24) is 9.88 Å². The van der Waals surface area contributed by atoms with Gasteiger partial charge in [0.05, 0.1) is 13.6 Å². The largest absolute Gasteiger partial charge is 0.352 e. The number of amides is 1. The molecular formula is C15H22N2OSi. The SMILES string of the molecule is CCNC(=O)c1c([Si](C)(C)C)n(C)c2ccccc12. The summed E-state index contributed by atoms with van der Waals surface area (Å²) in [7, 11) is 0.473. The van der Waals surface area contributed by atoms with Gasteiger partial charge in [0.25, 0.3) is 5.91 Å². The first-order valence-electron chi connectivity index (χ1n) is 6.74. The minimum atomic E-state index is -1.60. The lowest BCUT2D eigenvalue weighted by atomic mass is 10.1. The van der Waals surface area contributed by atoms with Crippen LogP contribution in [0.5, 0.6) is 0 Å². The first-order valence-corrected chi connectivity index (χ1v) is 10.2. The Bertz CT molecular complexity index is 623. The monoisotopic (exact) mass is 274 g/mol. The first kappa shape index (κ1) is 13.9. The standard InChI is InChI=1S/C15H22N2OSi/c1-6-16-14(18)13-11-9-7-8-10-12(11)17(2)15(13)19(3,4)5/h7-10H,6H2,1-5H3,(H,16,18). The molecule has 19 heavy (non-hydrogen) atoms. The molecule has 1 aromatic heterocycles. The van der Waals surface area contributed by atoms with Crippen molar-refractivity contribution in [1.29, 1.82) is 0 Å². The summed E-state index contributed by atoms with van der Waals surface area (Å²) in [5, 5.41) is 5.23. The molecule has 0 aliphatic carbocycles. The van der Waals surface area contributed by atoms with Crippen LogP contribution in [0.4, 0.5) is 0 Å². The van der Waals surface area contributed by atoms with E-state index in [1.807, 2.05) is 25.1 Å². The highest BCUT2D eigenvalue weighted by atomic mass is 28.3. The third-order valence-electron chi connectivity index (χ3n) is 3.38. The highest BCUT2D eigenvalue weighted by molar-refractivity contribution is 6.89. The first-order chi connectivity index (χ1) is 8.88. The molecule has 0 bridgehead atoms. The summed E-state index contributed by atoms with van der Waals surface area (Å²) < 4.78 is 2.20. The van der Waals surface area contributed by atoms with Gasteiger partial charge in [-0.1, -0.05) is 37.8 Å². The van der Waals surface area contributed by atoms with E-state index in [0.29, 0.717) is 6.54 Å². The number of carbonyl (C=O) groups excluding carboxylic acids is 1. The van der Waals surface area contributed by atoms with Crippen LogP contribution >= 0.6 is 0 Å². The Balaban J connectivity index is 2.81. The van der Waals surface area contributed by atoms with E-state index < -0.39 is 8.07 Å². The number of carbonyl (C=O) groups is 1. The highest BCUT2D eigenvalue weighted by Gasteiger charge is 2.29. The Kier molecular flexibility index (Phi) is 3.54. The van der Waals surface area contributed by atoms with Crippen LogP contribution in [0, 0.1) is 0 Å². The molecule has 102 valence electrons. The lowest BCUT2D eigenvalue weighted by Crippen LogP contribution is -2.46. The van der Waals surface area contributed by atoms with E-state index in [4.69, 9.17) is 0 Å². The molecule has 1 N–H and O–H groups in total. The van der Waals surface area contributed by atoms with Gasteiger partial charge in [0.2, 0.25) is 0 Å². The molecule has 1 heterocycles. The summed E-state index contributed by atoms with van der Waals surface area (Å²) >= 11 is 0. The molecule has 0 radical (unpaired) electrons. The maximum absolute atomic E-state index is 12.4. The number of nitrogens with one attached hydrogen (secondary N) is 1. The van der Waals surface area contributed by atoms with Crippen LogP contribution in [0.2, 0.25) is 19.6 Å². The van der Waals surface area contributed by atoms with Gasteiger partial charge in [-0.05, 0) is 13.0 Å². The normalized spacial score (nSPS) is 11.8. The average molecular weight is 274 g/mol. The predicted octanol–water partition coefficient (Wildman–Crippen LogP) is 2.47. The van der Waals surface area contributed by atoms with Crippen LogP contribution in [0.1, 0.15) is 17.3 Å². The Labute approximate surface area is 115 Å². The number of nitrogens with zero attached hydrogens (tertiary/aromatic N) is 1. The molecule has 1 amide bonds. The topological polar surface area (TPSA) is 34.0 Å². The molecule has 0 aliphatic rings. The van der Waals surface area contributed by atoms with E-state index in [1.165, 1.54) is 5.32 Å². The van der Waals surface area contributed by atoms with Crippen molar-refractivity contribution in [3.8, 4) is 0 Å². The summed E-state index contributed by atoms with van der Waals surface area (Å²) in [5.74, 6) is 0.0525. The maximum atomic E-state index is 12.4. The van der Waals surface area contributed by atoms with E-state index in [1.54, 1.807) is 0 Å². The molecule has 3 nitrogen and oxygen atoms in total. The van der Waals surface area contributed by atoms with E-state index in [-0.39, 0.29) is 5.91 Å². The zero-order valence-electron chi connectivity index (χ0n) is 12.4. The lowest BCUT2D eigenvalue weighted by Gasteiger charge is -2.20. The second-order valence-electron chi connectivity index (χ2n) is 5.91. The van der Waals surface area contributed by atoms with Crippen molar-refractivity contribution in [2.45, 2.75) is 26.6 Å². The van der Waals surface area contributed by atoms with Gasteiger partial charge < -0.3 is 9.88 Å². The lowest BCUT2D eigenvalue weighted by molar-refractivity contribution is 0.0958. The van der Waals surface area contributed by atoms with Crippen LogP contribution in [-0.4, -0.2) is 25.1 Å². The summed E-state index contributed by atoms with van der Waals surface area (Å²) in [4.78, 5) is 12.4. The Morgan fingerprint density at radius 3 is 2.47 bits per heavy atom. The molecule has 0 unspecified atom stereocenters. The fourth-order valence-electron chi connectivity index (χ4n) is 2.75. The van der Waals surface area contributed by atoms with Crippen LogP contribution < -0.4 is 10.6 Å². The molecule has 0 atom stereocenters. The minimum Gasteiger partial charge on any atom is -0.352 e. The quantitative estimate of drug-likeness (QED) is 0.857. The minimum absolute atomic E-state index is 0.0525. The zero-order valence-corrected chi connectivity index (χ0v) is 13.4. The number of hydrogen-bond acceptors (Lipinski definition) is 1. The predicted molar refractivity (Wildman–Crippen MR) is 83.9 cm³/mol. The number of fused-ring (bicyclic) bond motifs is 1. The molecule has 0 saturated heterocycles.